The summed E-state index contributed by atoms with van der Waals surface area (Å²) in [6, 6.07) is -0.266. The van der Waals surface area contributed by atoms with E-state index in [1.54, 1.807) is 6.92 Å². The second kappa shape index (κ2) is 4.50. The van der Waals surface area contributed by atoms with E-state index in [1.807, 2.05) is 6.92 Å². The number of ketones is 1. The summed E-state index contributed by atoms with van der Waals surface area (Å²) in [4.78, 5) is 10.8. The Morgan fingerprint density at radius 3 is 2.09 bits per heavy atom. The van der Waals surface area contributed by atoms with Gasteiger partial charge in [-0.1, -0.05) is 20.8 Å². The highest BCUT2D eigenvalue weighted by atomic mass is 16.1. The fourth-order valence-corrected chi connectivity index (χ4v) is 1.29. The van der Waals surface area contributed by atoms with Crippen LogP contribution >= 0.6 is 0 Å². The summed E-state index contributed by atoms with van der Waals surface area (Å²) in [6.45, 7) is 7.88. The molecule has 0 fully saturated rings. The zero-order chi connectivity index (χ0) is 9.02. The van der Waals surface area contributed by atoms with Gasteiger partial charge in [0.15, 0.2) is 0 Å². The van der Waals surface area contributed by atoms with Crippen molar-refractivity contribution >= 4 is 5.78 Å². The quantitative estimate of drug-likeness (QED) is 0.673. The molecule has 0 bridgehead atoms. The number of carbonyl (C=O) groups is 1. The third-order valence-electron chi connectivity index (χ3n) is 1.93. The van der Waals surface area contributed by atoms with Crippen LogP contribution in [0.15, 0.2) is 0 Å². The first-order valence-electron chi connectivity index (χ1n) is 4.21. The molecule has 0 saturated heterocycles. The van der Waals surface area contributed by atoms with Gasteiger partial charge in [0.25, 0.3) is 0 Å². The molecule has 0 aromatic rings. The molecular weight excluding hydrogens is 138 g/mol. The summed E-state index contributed by atoms with van der Waals surface area (Å²) in [5.74, 6) is 1.03. The van der Waals surface area contributed by atoms with Gasteiger partial charge in [0.1, 0.15) is 5.78 Å². The van der Waals surface area contributed by atoms with E-state index in [2.05, 4.69) is 13.8 Å². The van der Waals surface area contributed by atoms with Crippen molar-refractivity contribution in [1.29, 1.82) is 0 Å². The summed E-state index contributed by atoms with van der Waals surface area (Å²) >= 11 is 0. The summed E-state index contributed by atoms with van der Waals surface area (Å²) < 4.78 is 0. The van der Waals surface area contributed by atoms with Gasteiger partial charge in [0.05, 0.1) is 6.04 Å². The Hall–Kier alpha value is -0.370. The van der Waals surface area contributed by atoms with Crippen molar-refractivity contribution in [1.82, 2.24) is 0 Å². The second-order valence-corrected chi connectivity index (χ2v) is 3.74. The van der Waals surface area contributed by atoms with Crippen LogP contribution in [0.3, 0.4) is 0 Å². The number of Topliss-reactive ketones (excluding diaryl/α,β-unsaturated/α-hetero) is 1. The van der Waals surface area contributed by atoms with Gasteiger partial charge >= 0.3 is 0 Å². The van der Waals surface area contributed by atoms with Crippen molar-refractivity contribution in [3.05, 3.63) is 0 Å². The Bertz CT molecular complexity index is 132. The van der Waals surface area contributed by atoms with Crippen LogP contribution in [0.2, 0.25) is 0 Å². The largest absolute Gasteiger partial charge is 0.321 e. The van der Waals surface area contributed by atoms with Crippen molar-refractivity contribution in [2.75, 3.05) is 0 Å². The normalized spacial score (nSPS) is 16.5. The van der Waals surface area contributed by atoms with E-state index < -0.39 is 0 Å². The summed E-state index contributed by atoms with van der Waals surface area (Å²) in [7, 11) is 0. The van der Waals surface area contributed by atoms with Crippen LogP contribution in [-0.2, 0) is 4.79 Å². The highest BCUT2D eigenvalue weighted by molar-refractivity contribution is 5.81. The Balaban J connectivity index is 3.82. The maximum atomic E-state index is 10.8. The predicted octanol–water partition coefficient (Wildman–Crippen LogP) is 1.58. The van der Waals surface area contributed by atoms with Crippen molar-refractivity contribution in [3.63, 3.8) is 0 Å². The lowest BCUT2D eigenvalue weighted by Gasteiger charge is -2.18. The number of hydrogen-bond acceptors (Lipinski definition) is 2. The zero-order valence-corrected chi connectivity index (χ0v) is 7.92. The van der Waals surface area contributed by atoms with Crippen molar-refractivity contribution in [2.45, 2.75) is 40.2 Å². The fraction of sp³-hybridized carbons (Fsp3) is 0.889. The molecule has 0 heterocycles. The number of nitrogens with two attached hydrogens (primary N) is 1. The lowest BCUT2D eigenvalue weighted by Crippen LogP contribution is -2.35. The molecule has 0 aliphatic heterocycles. The molecule has 2 atom stereocenters. The van der Waals surface area contributed by atoms with Gasteiger partial charge in [-0.05, 0) is 25.2 Å². The molecule has 0 aromatic carbocycles. The number of hydrogen-bond donors (Lipinski definition) is 1. The van der Waals surface area contributed by atoms with Gasteiger partial charge in [-0.25, -0.2) is 0 Å². The molecule has 0 aliphatic carbocycles. The second-order valence-electron chi connectivity index (χ2n) is 3.74. The van der Waals surface area contributed by atoms with Crippen LogP contribution < -0.4 is 5.73 Å². The predicted molar refractivity (Wildman–Crippen MR) is 47.3 cm³/mol. The summed E-state index contributed by atoms with van der Waals surface area (Å²) in [6.07, 6.45) is 1.03. The lowest BCUT2D eigenvalue weighted by molar-refractivity contribution is -0.119. The summed E-state index contributed by atoms with van der Waals surface area (Å²) in [5, 5.41) is 0. The molecule has 2 nitrogen and oxygen atoms in total. The van der Waals surface area contributed by atoms with Crippen LogP contribution in [0.4, 0.5) is 0 Å². The van der Waals surface area contributed by atoms with E-state index in [4.69, 9.17) is 5.73 Å². The third kappa shape index (κ3) is 4.14. The Morgan fingerprint density at radius 1 is 1.36 bits per heavy atom. The van der Waals surface area contributed by atoms with Gasteiger partial charge in [-0.3, -0.25) is 4.79 Å². The van der Waals surface area contributed by atoms with E-state index in [9.17, 15) is 4.79 Å². The molecule has 0 aliphatic rings. The maximum absolute atomic E-state index is 10.8. The molecule has 0 amide bonds. The number of rotatable bonds is 4. The Kier molecular flexibility index (Phi) is 4.34. The molecule has 0 rings (SSSR count). The van der Waals surface area contributed by atoms with Crippen LogP contribution in [-0.4, -0.2) is 11.8 Å². The maximum Gasteiger partial charge on any atom is 0.146 e. The molecule has 0 spiro atoms. The fourth-order valence-electron chi connectivity index (χ4n) is 1.29. The minimum absolute atomic E-state index is 0.0955. The molecule has 2 unspecified atom stereocenters. The topological polar surface area (TPSA) is 43.1 Å². The van der Waals surface area contributed by atoms with Crippen molar-refractivity contribution in [2.24, 2.45) is 17.6 Å². The third-order valence-corrected chi connectivity index (χ3v) is 1.93. The van der Waals surface area contributed by atoms with Crippen molar-refractivity contribution < 1.29 is 4.79 Å². The Morgan fingerprint density at radius 2 is 1.82 bits per heavy atom. The molecule has 0 saturated carbocycles. The monoisotopic (exact) mass is 157 g/mol. The molecule has 2 N–H and O–H groups in total. The van der Waals surface area contributed by atoms with E-state index in [-0.39, 0.29) is 11.8 Å². The molecule has 0 aromatic heterocycles. The van der Waals surface area contributed by atoms with Gasteiger partial charge in [0, 0.05) is 0 Å². The van der Waals surface area contributed by atoms with Gasteiger partial charge in [-0.2, -0.15) is 0 Å². The first-order chi connectivity index (χ1) is 4.95. The molecule has 0 radical (unpaired) electrons. The van der Waals surface area contributed by atoms with Crippen molar-refractivity contribution in [3.8, 4) is 0 Å². The van der Waals surface area contributed by atoms with E-state index in [0.717, 1.165) is 6.42 Å². The SMILES string of the molecule is CC(=O)C(N)C(C)CC(C)C. The van der Waals surface area contributed by atoms with Crippen LogP contribution in [0, 0.1) is 11.8 Å². The molecular formula is C9H19NO. The van der Waals surface area contributed by atoms with E-state index in [1.165, 1.54) is 0 Å². The van der Waals surface area contributed by atoms with Crippen LogP contribution in [0.25, 0.3) is 0 Å². The standard InChI is InChI=1S/C9H19NO/c1-6(2)5-7(3)9(10)8(4)11/h6-7,9H,5,10H2,1-4H3. The van der Waals surface area contributed by atoms with Gasteiger partial charge in [-0.15, -0.1) is 0 Å². The highest BCUT2D eigenvalue weighted by Crippen LogP contribution is 2.13. The minimum Gasteiger partial charge on any atom is -0.321 e. The van der Waals surface area contributed by atoms with E-state index >= 15 is 0 Å². The molecule has 11 heavy (non-hydrogen) atoms. The molecule has 2 heteroatoms. The van der Waals surface area contributed by atoms with Crippen LogP contribution in [0.5, 0.6) is 0 Å². The highest BCUT2D eigenvalue weighted by Gasteiger charge is 2.17. The first kappa shape index (κ1) is 10.6. The minimum atomic E-state index is -0.266. The van der Waals surface area contributed by atoms with Crippen LogP contribution in [0.1, 0.15) is 34.1 Å². The van der Waals surface area contributed by atoms with Gasteiger partial charge in [0.2, 0.25) is 0 Å². The smallest absolute Gasteiger partial charge is 0.146 e. The average molecular weight is 157 g/mol. The average Bonchev–Trinajstić information content (AvgIpc) is 1.84. The van der Waals surface area contributed by atoms with E-state index in [0.29, 0.717) is 11.8 Å². The Labute approximate surface area is 69.2 Å². The summed E-state index contributed by atoms with van der Waals surface area (Å²) in [5.41, 5.74) is 5.66. The zero-order valence-electron chi connectivity index (χ0n) is 7.92. The first-order valence-corrected chi connectivity index (χ1v) is 4.21. The number of carbonyl (C=O) groups excluding carboxylic acids is 1. The molecule has 66 valence electrons. The van der Waals surface area contributed by atoms with Gasteiger partial charge < -0.3 is 5.73 Å². The lowest BCUT2D eigenvalue weighted by atomic mass is 9.91.